The normalized spacial score (nSPS) is 15.0. The molecular formula is C17H27N3O2. The number of amides is 1. The molecule has 122 valence electrons. The van der Waals surface area contributed by atoms with Crippen molar-refractivity contribution in [1.82, 2.24) is 15.5 Å². The number of carbonyl (C=O) groups excluding carboxylic acids is 1. The van der Waals surface area contributed by atoms with E-state index in [1.54, 1.807) is 7.05 Å². The molecule has 0 bridgehead atoms. The van der Waals surface area contributed by atoms with Gasteiger partial charge >= 0.3 is 0 Å². The van der Waals surface area contributed by atoms with Gasteiger partial charge in [-0.05, 0) is 57.1 Å². The summed E-state index contributed by atoms with van der Waals surface area (Å²) in [5, 5.41) is 5.71. The van der Waals surface area contributed by atoms with Gasteiger partial charge in [-0.25, -0.2) is 0 Å². The van der Waals surface area contributed by atoms with Gasteiger partial charge in [-0.3, -0.25) is 9.69 Å². The van der Waals surface area contributed by atoms with Crippen molar-refractivity contribution in [2.45, 2.75) is 19.3 Å². The van der Waals surface area contributed by atoms with E-state index < -0.39 is 0 Å². The zero-order chi connectivity index (χ0) is 15.6. The molecule has 1 aliphatic heterocycles. The maximum absolute atomic E-state index is 11.3. The smallest absolute Gasteiger partial charge is 0.233 e. The van der Waals surface area contributed by atoms with E-state index in [9.17, 15) is 4.79 Å². The Kier molecular flexibility index (Phi) is 7.19. The summed E-state index contributed by atoms with van der Waals surface area (Å²) in [6.07, 6.45) is 3.47. The van der Waals surface area contributed by atoms with Crippen molar-refractivity contribution in [2.75, 3.05) is 46.4 Å². The highest BCUT2D eigenvalue weighted by molar-refractivity contribution is 5.77. The second-order valence-electron chi connectivity index (χ2n) is 5.67. The number of hydrogen-bond acceptors (Lipinski definition) is 4. The quantitative estimate of drug-likeness (QED) is 0.716. The fourth-order valence-corrected chi connectivity index (χ4v) is 2.62. The lowest BCUT2D eigenvalue weighted by atomic mass is 10.1. The second kappa shape index (κ2) is 9.43. The minimum Gasteiger partial charge on any atom is -0.492 e. The molecule has 5 heteroatoms. The van der Waals surface area contributed by atoms with Crippen molar-refractivity contribution >= 4 is 5.91 Å². The first-order valence-electron chi connectivity index (χ1n) is 8.13. The number of likely N-dealkylation sites (tertiary alicyclic amines) is 1. The first kappa shape index (κ1) is 16.8. The molecule has 0 unspecified atom stereocenters. The molecule has 0 aliphatic carbocycles. The number of ether oxygens (including phenoxy) is 1. The minimum absolute atomic E-state index is 0.0318. The fourth-order valence-electron chi connectivity index (χ4n) is 2.62. The molecule has 0 spiro atoms. The standard InChI is InChI=1S/C17H27N3O2/c1-18-14-17(21)19-9-8-15-4-6-16(7-5-15)22-13-12-20-10-2-3-11-20/h4-7,18H,2-3,8-14H2,1H3,(H,19,21). The average Bonchev–Trinajstić information content (AvgIpc) is 3.02. The van der Waals surface area contributed by atoms with Crippen LogP contribution in [0.5, 0.6) is 5.75 Å². The summed E-state index contributed by atoms with van der Waals surface area (Å²) in [4.78, 5) is 13.8. The summed E-state index contributed by atoms with van der Waals surface area (Å²) < 4.78 is 5.78. The van der Waals surface area contributed by atoms with Gasteiger partial charge in [0.05, 0.1) is 6.54 Å². The topological polar surface area (TPSA) is 53.6 Å². The summed E-state index contributed by atoms with van der Waals surface area (Å²) in [7, 11) is 1.77. The maximum Gasteiger partial charge on any atom is 0.233 e. The Morgan fingerprint density at radius 2 is 1.95 bits per heavy atom. The molecule has 1 saturated heterocycles. The highest BCUT2D eigenvalue weighted by Gasteiger charge is 2.10. The van der Waals surface area contributed by atoms with E-state index in [0.717, 1.165) is 25.3 Å². The van der Waals surface area contributed by atoms with Gasteiger partial charge in [0.1, 0.15) is 12.4 Å². The van der Waals surface area contributed by atoms with Gasteiger partial charge in [0.2, 0.25) is 5.91 Å². The Morgan fingerprint density at radius 3 is 2.64 bits per heavy atom. The third-order valence-corrected chi connectivity index (χ3v) is 3.87. The number of benzene rings is 1. The van der Waals surface area contributed by atoms with Gasteiger partial charge in [-0.1, -0.05) is 12.1 Å². The third-order valence-electron chi connectivity index (χ3n) is 3.87. The average molecular weight is 305 g/mol. The number of carbonyl (C=O) groups is 1. The highest BCUT2D eigenvalue weighted by atomic mass is 16.5. The zero-order valence-corrected chi connectivity index (χ0v) is 13.4. The van der Waals surface area contributed by atoms with Crippen LogP contribution in [0, 0.1) is 0 Å². The van der Waals surface area contributed by atoms with Gasteiger partial charge in [-0.15, -0.1) is 0 Å². The molecule has 0 saturated carbocycles. The van der Waals surface area contributed by atoms with E-state index >= 15 is 0 Å². The summed E-state index contributed by atoms with van der Waals surface area (Å²) in [5.41, 5.74) is 1.21. The van der Waals surface area contributed by atoms with Crippen LogP contribution in [-0.4, -0.2) is 57.2 Å². The van der Waals surface area contributed by atoms with Crippen LogP contribution in [0.4, 0.5) is 0 Å². The lowest BCUT2D eigenvalue weighted by Crippen LogP contribution is -2.33. The Balaban J connectivity index is 1.63. The molecule has 2 rings (SSSR count). The maximum atomic E-state index is 11.3. The largest absolute Gasteiger partial charge is 0.492 e. The fraction of sp³-hybridized carbons (Fsp3) is 0.588. The molecule has 0 atom stereocenters. The molecule has 1 amide bonds. The molecule has 2 N–H and O–H groups in total. The van der Waals surface area contributed by atoms with Crippen molar-refractivity contribution in [1.29, 1.82) is 0 Å². The van der Waals surface area contributed by atoms with Gasteiger partial charge < -0.3 is 15.4 Å². The van der Waals surface area contributed by atoms with Crippen LogP contribution >= 0.6 is 0 Å². The molecule has 1 aromatic carbocycles. The molecule has 0 aromatic heterocycles. The SMILES string of the molecule is CNCC(=O)NCCc1ccc(OCCN2CCCC2)cc1. The van der Waals surface area contributed by atoms with E-state index in [-0.39, 0.29) is 5.91 Å². The lowest BCUT2D eigenvalue weighted by molar-refractivity contribution is -0.120. The predicted octanol–water partition coefficient (Wildman–Crippen LogP) is 1.04. The van der Waals surface area contributed by atoms with Crippen molar-refractivity contribution in [3.63, 3.8) is 0 Å². The van der Waals surface area contributed by atoms with Crippen LogP contribution in [0.15, 0.2) is 24.3 Å². The van der Waals surface area contributed by atoms with Crippen molar-refractivity contribution in [3.8, 4) is 5.75 Å². The van der Waals surface area contributed by atoms with Crippen LogP contribution in [0.1, 0.15) is 18.4 Å². The van der Waals surface area contributed by atoms with Crippen LogP contribution in [-0.2, 0) is 11.2 Å². The molecular weight excluding hydrogens is 278 g/mol. The number of nitrogens with zero attached hydrogens (tertiary/aromatic N) is 1. The van der Waals surface area contributed by atoms with Crippen molar-refractivity contribution in [2.24, 2.45) is 0 Å². The molecule has 1 aromatic rings. The van der Waals surface area contributed by atoms with Crippen molar-refractivity contribution in [3.05, 3.63) is 29.8 Å². The molecule has 1 fully saturated rings. The first-order chi connectivity index (χ1) is 10.8. The van der Waals surface area contributed by atoms with Crippen LogP contribution in [0.25, 0.3) is 0 Å². The number of hydrogen-bond donors (Lipinski definition) is 2. The van der Waals surface area contributed by atoms with E-state index in [1.165, 1.54) is 31.5 Å². The van der Waals surface area contributed by atoms with Crippen LogP contribution in [0.3, 0.4) is 0 Å². The van der Waals surface area contributed by atoms with Gasteiger partial charge in [0.25, 0.3) is 0 Å². The summed E-state index contributed by atoms with van der Waals surface area (Å²) >= 11 is 0. The Bertz CT molecular complexity index is 442. The molecule has 0 radical (unpaired) electrons. The summed E-state index contributed by atoms with van der Waals surface area (Å²) in [5.74, 6) is 0.950. The lowest BCUT2D eigenvalue weighted by Gasteiger charge is -2.15. The van der Waals surface area contributed by atoms with E-state index in [2.05, 4.69) is 27.7 Å². The zero-order valence-electron chi connectivity index (χ0n) is 13.4. The van der Waals surface area contributed by atoms with Crippen molar-refractivity contribution < 1.29 is 9.53 Å². The highest BCUT2D eigenvalue weighted by Crippen LogP contribution is 2.13. The Morgan fingerprint density at radius 1 is 1.23 bits per heavy atom. The molecule has 22 heavy (non-hydrogen) atoms. The Hall–Kier alpha value is -1.59. The Labute approximate surface area is 133 Å². The molecule has 1 aliphatic rings. The number of rotatable bonds is 9. The molecule has 5 nitrogen and oxygen atoms in total. The molecule has 1 heterocycles. The summed E-state index contributed by atoms with van der Waals surface area (Å²) in [6.45, 7) is 5.21. The number of likely N-dealkylation sites (N-methyl/N-ethyl adjacent to an activating group) is 1. The third kappa shape index (κ3) is 6.03. The predicted molar refractivity (Wildman–Crippen MR) is 88.3 cm³/mol. The van der Waals surface area contributed by atoms with E-state index in [0.29, 0.717) is 13.1 Å². The summed E-state index contributed by atoms with van der Waals surface area (Å²) in [6, 6.07) is 8.15. The first-order valence-corrected chi connectivity index (χ1v) is 8.13. The van der Waals surface area contributed by atoms with E-state index in [4.69, 9.17) is 4.74 Å². The van der Waals surface area contributed by atoms with E-state index in [1.807, 2.05) is 12.1 Å². The monoisotopic (exact) mass is 305 g/mol. The van der Waals surface area contributed by atoms with Gasteiger partial charge in [0.15, 0.2) is 0 Å². The van der Waals surface area contributed by atoms with Gasteiger partial charge in [0, 0.05) is 13.1 Å². The second-order valence-corrected chi connectivity index (χ2v) is 5.67. The van der Waals surface area contributed by atoms with Crippen LogP contribution < -0.4 is 15.4 Å². The minimum atomic E-state index is 0.0318. The number of nitrogens with one attached hydrogen (secondary N) is 2. The van der Waals surface area contributed by atoms with Gasteiger partial charge in [-0.2, -0.15) is 0 Å². The van der Waals surface area contributed by atoms with Crippen LogP contribution in [0.2, 0.25) is 0 Å².